The molecule has 0 bridgehead atoms. The standard InChI is InChI=1S/C21H34N4O2.HI/c1-5-27-15-18-11-7-6-10-17(18)14-23-20(22-2)24-16-21(12-8-9-13-21)19(26)25(3)4;/h6-7,10-11H,5,8-9,12-16H2,1-4H3,(H2,22,23,24);1H. The Hall–Kier alpha value is -1.35. The number of ether oxygens (including phenoxy) is 1. The van der Waals surface area contributed by atoms with Crippen molar-refractivity contribution in [3.63, 3.8) is 0 Å². The molecule has 2 N–H and O–H groups in total. The van der Waals surface area contributed by atoms with Gasteiger partial charge in [-0.1, -0.05) is 37.1 Å². The molecule has 1 aromatic rings. The first-order chi connectivity index (χ1) is 13.0. The number of guanidine groups is 1. The van der Waals surface area contributed by atoms with Crippen molar-refractivity contribution in [2.45, 2.75) is 45.8 Å². The quantitative estimate of drug-likeness (QED) is 0.326. The lowest BCUT2D eigenvalue weighted by Gasteiger charge is -2.31. The van der Waals surface area contributed by atoms with E-state index in [4.69, 9.17) is 4.74 Å². The molecule has 1 saturated carbocycles. The number of hydrogen-bond donors (Lipinski definition) is 2. The van der Waals surface area contributed by atoms with Crippen LogP contribution in [0.4, 0.5) is 0 Å². The number of aliphatic imine (C=N–C) groups is 1. The highest BCUT2D eigenvalue weighted by atomic mass is 127. The molecule has 0 unspecified atom stereocenters. The molecule has 1 fully saturated rings. The lowest BCUT2D eigenvalue weighted by Crippen LogP contribution is -2.49. The lowest BCUT2D eigenvalue weighted by atomic mass is 9.84. The molecule has 0 radical (unpaired) electrons. The summed E-state index contributed by atoms with van der Waals surface area (Å²) in [5.41, 5.74) is 2.06. The number of nitrogens with one attached hydrogen (secondary N) is 2. The number of carbonyl (C=O) groups is 1. The SMILES string of the molecule is CCOCc1ccccc1CNC(=NC)NCC1(C(=O)N(C)C)CCCC1.I. The molecule has 0 heterocycles. The molecule has 6 nitrogen and oxygen atoms in total. The zero-order valence-electron chi connectivity index (χ0n) is 17.6. The maximum atomic E-state index is 12.7. The Bertz CT molecular complexity index is 643. The van der Waals surface area contributed by atoms with Crippen molar-refractivity contribution in [2.24, 2.45) is 10.4 Å². The fraction of sp³-hybridized carbons (Fsp3) is 0.619. The van der Waals surface area contributed by atoms with Crippen molar-refractivity contribution >= 4 is 35.8 Å². The van der Waals surface area contributed by atoms with E-state index in [-0.39, 0.29) is 35.3 Å². The molecule has 0 aromatic heterocycles. The zero-order valence-corrected chi connectivity index (χ0v) is 19.9. The Morgan fingerprint density at radius 2 is 1.82 bits per heavy atom. The molecule has 28 heavy (non-hydrogen) atoms. The minimum Gasteiger partial charge on any atom is -0.377 e. The van der Waals surface area contributed by atoms with Gasteiger partial charge in [0.25, 0.3) is 0 Å². The number of carbonyl (C=O) groups excluding carboxylic acids is 1. The maximum absolute atomic E-state index is 12.7. The molecule has 158 valence electrons. The molecule has 1 aromatic carbocycles. The Morgan fingerprint density at radius 1 is 1.18 bits per heavy atom. The number of benzene rings is 1. The average molecular weight is 502 g/mol. The van der Waals surface area contributed by atoms with Crippen molar-refractivity contribution in [2.75, 3.05) is 34.3 Å². The molecule has 1 aliphatic rings. The van der Waals surface area contributed by atoms with Crippen LogP contribution in [0.3, 0.4) is 0 Å². The Kier molecular flexibility index (Phi) is 10.8. The van der Waals surface area contributed by atoms with Crippen LogP contribution in [0.25, 0.3) is 0 Å². The van der Waals surface area contributed by atoms with Gasteiger partial charge in [0.2, 0.25) is 5.91 Å². The van der Waals surface area contributed by atoms with Gasteiger partial charge >= 0.3 is 0 Å². The van der Waals surface area contributed by atoms with Crippen molar-refractivity contribution in [1.29, 1.82) is 0 Å². The highest BCUT2D eigenvalue weighted by Crippen LogP contribution is 2.38. The predicted octanol–water partition coefficient (Wildman–Crippen LogP) is 3.15. The van der Waals surface area contributed by atoms with E-state index in [9.17, 15) is 4.79 Å². The van der Waals surface area contributed by atoms with E-state index in [0.717, 1.165) is 31.6 Å². The van der Waals surface area contributed by atoms with Gasteiger partial charge in [-0.2, -0.15) is 0 Å². The first-order valence-electron chi connectivity index (χ1n) is 9.83. The number of rotatable bonds is 8. The summed E-state index contributed by atoms with van der Waals surface area (Å²) in [6, 6.07) is 8.25. The molecule has 1 aliphatic carbocycles. The summed E-state index contributed by atoms with van der Waals surface area (Å²) in [6.45, 7) is 4.59. The Labute approximate surface area is 186 Å². The summed E-state index contributed by atoms with van der Waals surface area (Å²) in [7, 11) is 5.44. The van der Waals surface area contributed by atoms with E-state index in [1.165, 1.54) is 11.1 Å². The van der Waals surface area contributed by atoms with Crippen molar-refractivity contribution in [3.8, 4) is 0 Å². The van der Waals surface area contributed by atoms with E-state index < -0.39 is 0 Å². The van der Waals surface area contributed by atoms with E-state index in [1.807, 2.05) is 33.2 Å². The van der Waals surface area contributed by atoms with Gasteiger partial charge in [-0.15, -0.1) is 24.0 Å². The molecule has 0 saturated heterocycles. The normalized spacial score (nSPS) is 15.6. The van der Waals surface area contributed by atoms with Crippen molar-refractivity contribution in [1.82, 2.24) is 15.5 Å². The molecule has 2 rings (SSSR count). The summed E-state index contributed by atoms with van der Waals surface area (Å²) in [4.78, 5) is 18.7. The number of hydrogen-bond acceptors (Lipinski definition) is 3. The third-order valence-electron chi connectivity index (χ3n) is 5.26. The van der Waals surface area contributed by atoms with Crippen molar-refractivity contribution in [3.05, 3.63) is 35.4 Å². The van der Waals surface area contributed by atoms with Gasteiger partial charge in [0.05, 0.1) is 12.0 Å². The molecule has 7 heteroatoms. The fourth-order valence-corrected chi connectivity index (χ4v) is 3.73. The summed E-state index contributed by atoms with van der Waals surface area (Å²) >= 11 is 0. The van der Waals surface area contributed by atoms with Gasteiger partial charge in [-0.25, -0.2) is 0 Å². The number of amides is 1. The molecule has 0 spiro atoms. The van der Waals surface area contributed by atoms with Crippen LogP contribution in [0.2, 0.25) is 0 Å². The zero-order chi connectivity index (χ0) is 19.7. The molecule has 1 amide bonds. The van der Waals surface area contributed by atoms with Gasteiger partial charge in [0.1, 0.15) is 0 Å². The molecule has 0 aliphatic heterocycles. The third kappa shape index (κ3) is 6.62. The predicted molar refractivity (Wildman–Crippen MR) is 125 cm³/mol. The van der Waals surface area contributed by atoms with E-state index in [0.29, 0.717) is 26.3 Å². The highest BCUT2D eigenvalue weighted by molar-refractivity contribution is 14.0. The van der Waals surface area contributed by atoms with Gasteiger partial charge in [0, 0.05) is 40.8 Å². The minimum atomic E-state index is -0.312. The Balaban J connectivity index is 0.00000392. The van der Waals surface area contributed by atoms with Crippen LogP contribution in [-0.4, -0.2) is 51.1 Å². The second-order valence-electron chi connectivity index (χ2n) is 7.37. The number of halogens is 1. The van der Waals surface area contributed by atoms with Crippen LogP contribution in [0, 0.1) is 5.41 Å². The van der Waals surface area contributed by atoms with Gasteiger partial charge in [0.15, 0.2) is 5.96 Å². The smallest absolute Gasteiger partial charge is 0.230 e. The van der Waals surface area contributed by atoms with Gasteiger partial charge < -0.3 is 20.3 Å². The minimum absolute atomic E-state index is 0. The van der Waals surface area contributed by atoms with Crippen LogP contribution in [0.1, 0.15) is 43.7 Å². The maximum Gasteiger partial charge on any atom is 0.230 e. The van der Waals surface area contributed by atoms with Crippen molar-refractivity contribution < 1.29 is 9.53 Å². The van der Waals surface area contributed by atoms with Crippen LogP contribution in [-0.2, 0) is 22.7 Å². The third-order valence-corrected chi connectivity index (χ3v) is 5.26. The number of nitrogens with zero attached hydrogens (tertiary/aromatic N) is 2. The second kappa shape index (κ2) is 12.3. The van der Waals surface area contributed by atoms with Crippen LogP contribution >= 0.6 is 24.0 Å². The second-order valence-corrected chi connectivity index (χ2v) is 7.37. The van der Waals surface area contributed by atoms with E-state index >= 15 is 0 Å². The monoisotopic (exact) mass is 502 g/mol. The topological polar surface area (TPSA) is 66.0 Å². The van der Waals surface area contributed by atoms with Crippen LogP contribution in [0.5, 0.6) is 0 Å². The fourth-order valence-electron chi connectivity index (χ4n) is 3.73. The largest absolute Gasteiger partial charge is 0.377 e. The summed E-state index contributed by atoms with van der Waals surface area (Å²) in [5.74, 6) is 0.934. The molecular formula is C21H35IN4O2. The highest BCUT2D eigenvalue weighted by Gasteiger charge is 2.42. The van der Waals surface area contributed by atoms with E-state index in [2.05, 4.69) is 27.8 Å². The van der Waals surface area contributed by atoms with Crippen LogP contribution < -0.4 is 10.6 Å². The molecular weight excluding hydrogens is 467 g/mol. The summed E-state index contributed by atoms with van der Waals surface area (Å²) in [5, 5.41) is 6.75. The average Bonchev–Trinajstić information content (AvgIpc) is 3.16. The summed E-state index contributed by atoms with van der Waals surface area (Å²) in [6.07, 6.45) is 4.09. The van der Waals surface area contributed by atoms with Gasteiger partial charge in [-0.05, 0) is 30.9 Å². The van der Waals surface area contributed by atoms with Gasteiger partial charge in [-0.3, -0.25) is 9.79 Å². The Morgan fingerprint density at radius 3 is 2.39 bits per heavy atom. The first kappa shape index (κ1) is 24.7. The van der Waals surface area contributed by atoms with Crippen LogP contribution in [0.15, 0.2) is 29.3 Å². The molecule has 0 atom stereocenters. The first-order valence-corrected chi connectivity index (χ1v) is 9.83. The van der Waals surface area contributed by atoms with E-state index in [1.54, 1.807) is 11.9 Å². The lowest BCUT2D eigenvalue weighted by molar-refractivity contribution is -0.138. The summed E-state index contributed by atoms with van der Waals surface area (Å²) < 4.78 is 5.55.